The maximum absolute atomic E-state index is 13.0. The van der Waals surface area contributed by atoms with E-state index in [-0.39, 0.29) is 11.5 Å². The highest BCUT2D eigenvalue weighted by Crippen LogP contribution is 2.18. The van der Waals surface area contributed by atoms with Crippen molar-refractivity contribution in [2.24, 2.45) is 5.92 Å². The van der Waals surface area contributed by atoms with Crippen molar-refractivity contribution in [2.45, 2.75) is 13.3 Å². The maximum atomic E-state index is 13.0. The van der Waals surface area contributed by atoms with Gasteiger partial charge in [0.05, 0.1) is 0 Å². The van der Waals surface area contributed by atoms with Crippen LogP contribution < -0.4 is 0 Å². The molecule has 1 fully saturated rings. The average molecular weight is 225 g/mol. The molecule has 0 aliphatic carbocycles. The van der Waals surface area contributed by atoms with Gasteiger partial charge in [-0.3, -0.25) is 4.79 Å². The largest absolute Gasteiger partial charge is 0.338 e. The van der Waals surface area contributed by atoms with Crippen molar-refractivity contribution in [3.05, 3.63) is 35.4 Å². The van der Waals surface area contributed by atoms with Gasteiger partial charge in [0.15, 0.2) is 11.6 Å². The minimum absolute atomic E-state index is 0.216. The van der Waals surface area contributed by atoms with Crippen molar-refractivity contribution in [1.82, 2.24) is 4.90 Å². The molecule has 0 saturated carbocycles. The van der Waals surface area contributed by atoms with Crippen LogP contribution in [0.15, 0.2) is 18.2 Å². The Morgan fingerprint density at radius 2 is 2.12 bits per heavy atom. The third-order valence-electron chi connectivity index (χ3n) is 2.88. The predicted octanol–water partition coefficient (Wildman–Crippen LogP) is 2.45. The molecule has 1 aliphatic rings. The van der Waals surface area contributed by atoms with Crippen molar-refractivity contribution >= 4 is 5.91 Å². The highest BCUT2D eigenvalue weighted by Gasteiger charge is 2.24. The molecule has 86 valence electrons. The summed E-state index contributed by atoms with van der Waals surface area (Å²) in [5.41, 5.74) is 0.216. The Bertz CT molecular complexity index is 419. The zero-order valence-corrected chi connectivity index (χ0v) is 9.04. The topological polar surface area (TPSA) is 20.3 Å². The van der Waals surface area contributed by atoms with Crippen LogP contribution in [0.1, 0.15) is 23.7 Å². The molecule has 1 atom stereocenters. The quantitative estimate of drug-likeness (QED) is 0.719. The molecule has 2 rings (SSSR count). The van der Waals surface area contributed by atoms with Gasteiger partial charge >= 0.3 is 0 Å². The van der Waals surface area contributed by atoms with Crippen LogP contribution in [0.4, 0.5) is 8.78 Å². The summed E-state index contributed by atoms with van der Waals surface area (Å²) < 4.78 is 25.7. The van der Waals surface area contributed by atoms with Crippen LogP contribution in [-0.2, 0) is 0 Å². The van der Waals surface area contributed by atoms with E-state index >= 15 is 0 Å². The van der Waals surface area contributed by atoms with E-state index in [1.165, 1.54) is 6.07 Å². The summed E-state index contributed by atoms with van der Waals surface area (Å²) in [6, 6.07) is 3.27. The Kier molecular flexibility index (Phi) is 2.90. The Labute approximate surface area is 92.9 Å². The second-order valence-corrected chi connectivity index (χ2v) is 4.27. The van der Waals surface area contributed by atoms with Crippen LogP contribution in [0.25, 0.3) is 0 Å². The van der Waals surface area contributed by atoms with E-state index in [9.17, 15) is 13.6 Å². The molecule has 1 heterocycles. The standard InChI is InChI=1S/C12H13F2NO/c1-8-4-5-15(7-8)12(16)9-2-3-10(13)11(14)6-9/h2-3,6,8H,4-5,7H2,1H3. The number of carbonyl (C=O) groups excluding carboxylic acids is 1. The normalized spacial score (nSPS) is 20.2. The van der Waals surface area contributed by atoms with Crippen LogP contribution in [-0.4, -0.2) is 23.9 Å². The molecule has 1 amide bonds. The van der Waals surface area contributed by atoms with E-state index < -0.39 is 11.6 Å². The number of benzene rings is 1. The lowest BCUT2D eigenvalue weighted by molar-refractivity contribution is 0.0787. The van der Waals surface area contributed by atoms with E-state index in [1.54, 1.807) is 4.90 Å². The zero-order chi connectivity index (χ0) is 11.7. The number of carbonyl (C=O) groups is 1. The monoisotopic (exact) mass is 225 g/mol. The summed E-state index contributed by atoms with van der Waals surface area (Å²) in [7, 11) is 0. The molecule has 0 aromatic heterocycles. The molecule has 16 heavy (non-hydrogen) atoms. The van der Waals surface area contributed by atoms with Crippen molar-refractivity contribution in [3.8, 4) is 0 Å². The fourth-order valence-corrected chi connectivity index (χ4v) is 1.93. The van der Waals surface area contributed by atoms with Crippen LogP contribution in [0.3, 0.4) is 0 Å². The number of rotatable bonds is 1. The summed E-state index contributed by atoms with van der Waals surface area (Å²) in [6.45, 7) is 3.45. The Morgan fingerprint density at radius 3 is 2.69 bits per heavy atom. The predicted molar refractivity (Wildman–Crippen MR) is 56.0 cm³/mol. The summed E-state index contributed by atoms with van der Waals surface area (Å²) in [4.78, 5) is 13.6. The smallest absolute Gasteiger partial charge is 0.253 e. The molecule has 1 aromatic carbocycles. The molecule has 4 heteroatoms. The van der Waals surface area contributed by atoms with Gasteiger partial charge in [-0.25, -0.2) is 8.78 Å². The van der Waals surface area contributed by atoms with Gasteiger partial charge in [0.1, 0.15) is 0 Å². The molecule has 1 saturated heterocycles. The minimum Gasteiger partial charge on any atom is -0.338 e. The van der Waals surface area contributed by atoms with Crippen molar-refractivity contribution < 1.29 is 13.6 Å². The van der Waals surface area contributed by atoms with Gasteiger partial charge in [-0.15, -0.1) is 0 Å². The van der Waals surface area contributed by atoms with Gasteiger partial charge < -0.3 is 4.90 Å². The van der Waals surface area contributed by atoms with Gasteiger partial charge in [0.25, 0.3) is 5.91 Å². The average Bonchev–Trinajstić information content (AvgIpc) is 2.68. The Hall–Kier alpha value is -1.45. The molecule has 0 radical (unpaired) electrons. The number of halogens is 2. The van der Waals surface area contributed by atoms with E-state index in [0.717, 1.165) is 18.6 Å². The first kappa shape index (κ1) is 11.0. The van der Waals surface area contributed by atoms with Crippen LogP contribution in [0, 0.1) is 17.6 Å². The molecule has 1 aromatic rings. The minimum atomic E-state index is -0.974. The number of hydrogen-bond acceptors (Lipinski definition) is 1. The van der Waals surface area contributed by atoms with E-state index in [4.69, 9.17) is 0 Å². The molecular formula is C12H13F2NO. The first-order valence-electron chi connectivity index (χ1n) is 5.32. The van der Waals surface area contributed by atoms with Gasteiger partial charge in [0, 0.05) is 18.7 Å². The van der Waals surface area contributed by atoms with Crippen molar-refractivity contribution in [1.29, 1.82) is 0 Å². The Balaban J connectivity index is 2.18. The van der Waals surface area contributed by atoms with Crippen LogP contribution in [0.5, 0.6) is 0 Å². The van der Waals surface area contributed by atoms with E-state index in [2.05, 4.69) is 6.92 Å². The second kappa shape index (κ2) is 4.20. The summed E-state index contributed by atoms with van der Waals surface area (Å²) in [5.74, 6) is -1.64. The summed E-state index contributed by atoms with van der Waals surface area (Å²) >= 11 is 0. The third kappa shape index (κ3) is 2.05. The third-order valence-corrected chi connectivity index (χ3v) is 2.88. The van der Waals surface area contributed by atoms with E-state index in [1.807, 2.05) is 0 Å². The Morgan fingerprint density at radius 1 is 1.38 bits per heavy atom. The van der Waals surface area contributed by atoms with Gasteiger partial charge in [0.2, 0.25) is 0 Å². The molecule has 0 bridgehead atoms. The fourth-order valence-electron chi connectivity index (χ4n) is 1.93. The first-order valence-corrected chi connectivity index (χ1v) is 5.32. The summed E-state index contributed by atoms with van der Waals surface area (Å²) in [5, 5.41) is 0. The molecule has 0 N–H and O–H groups in total. The van der Waals surface area contributed by atoms with Crippen molar-refractivity contribution in [2.75, 3.05) is 13.1 Å². The lowest BCUT2D eigenvalue weighted by Crippen LogP contribution is -2.28. The highest BCUT2D eigenvalue weighted by atomic mass is 19.2. The lowest BCUT2D eigenvalue weighted by atomic mass is 10.1. The molecule has 2 nitrogen and oxygen atoms in total. The maximum Gasteiger partial charge on any atom is 0.253 e. The lowest BCUT2D eigenvalue weighted by Gasteiger charge is -2.15. The summed E-state index contributed by atoms with van der Waals surface area (Å²) in [6.07, 6.45) is 0.968. The van der Waals surface area contributed by atoms with Gasteiger partial charge in [-0.2, -0.15) is 0 Å². The highest BCUT2D eigenvalue weighted by molar-refractivity contribution is 5.94. The molecule has 1 unspecified atom stereocenters. The number of likely N-dealkylation sites (tertiary alicyclic amines) is 1. The van der Waals surface area contributed by atoms with Crippen molar-refractivity contribution in [3.63, 3.8) is 0 Å². The second-order valence-electron chi connectivity index (χ2n) is 4.27. The fraction of sp³-hybridized carbons (Fsp3) is 0.417. The van der Waals surface area contributed by atoms with Gasteiger partial charge in [-0.05, 0) is 30.5 Å². The number of amides is 1. The molecule has 0 spiro atoms. The number of hydrogen-bond donors (Lipinski definition) is 0. The van der Waals surface area contributed by atoms with E-state index in [0.29, 0.717) is 19.0 Å². The zero-order valence-electron chi connectivity index (χ0n) is 9.04. The van der Waals surface area contributed by atoms with Crippen LogP contribution >= 0.6 is 0 Å². The number of nitrogens with zero attached hydrogens (tertiary/aromatic N) is 1. The van der Waals surface area contributed by atoms with Crippen LogP contribution in [0.2, 0.25) is 0 Å². The SMILES string of the molecule is CC1CCN(C(=O)c2ccc(F)c(F)c2)C1. The molecular weight excluding hydrogens is 212 g/mol. The first-order chi connectivity index (χ1) is 7.58. The molecule has 1 aliphatic heterocycles. The van der Waals surface area contributed by atoms with Gasteiger partial charge in [-0.1, -0.05) is 6.92 Å².